The Hall–Kier alpha value is -2.07. The molecule has 0 fully saturated rings. The van der Waals surface area contributed by atoms with Crippen LogP contribution in [-0.2, 0) is 6.54 Å². The zero-order valence-corrected chi connectivity index (χ0v) is 7.94. The number of hydrogen-bond donors (Lipinski definition) is 2. The fraction of sp³-hybridized carbons (Fsp3) is 0.222. The van der Waals surface area contributed by atoms with E-state index in [0.717, 1.165) is 6.20 Å². The lowest BCUT2D eigenvalue weighted by atomic mass is 10.0. The maximum absolute atomic E-state index is 12.7. The molecule has 1 rings (SSSR count). The lowest BCUT2D eigenvalue weighted by Gasteiger charge is -2.09. The lowest BCUT2D eigenvalue weighted by molar-refractivity contribution is 0.0677. The summed E-state index contributed by atoms with van der Waals surface area (Å²) in [4.78, 5) is 14.0. The van der Waals surface area contributed by atoms with Crippen molar-refractivity contribution in [1.82, 2.24) is 4.98 Å². The molecule has 0 atom stereocenters. The molecule has 0 spiro atoms. The zero-order valence-electron chi connectivity index (χ0n) is 7.94. The monoisotopic (exact) mass is 227 g/mol. The highest BCUT2D eigenvalue weighted by molar-refractivity contribution is 5.88. The highest BCUT2D eigenvalue weighted by Crippen LogP contribution is 2.27. The number of nitrogens with two attached hydrogens (primary N) is 1. The number of pyridine rings is 1. The minimum absolute atomic E-state index is 0.0998. The number of carboxylic acids is 1. The molecular formula is C9H7F2N3O2. The Kier molecular flexibility index (Phi) is 3.48. The molecule has 0 aliphatic rings. The summed E-state index contributed by atoms with van der Waals surface area (Å²) in [6.45, 7) is -0.157. The third-order valence-corrected chi connectivity index (χ3v) is 1.95. The molecule has 0 bridgehead atoms. The molecule has 0 aromatic carbocycles. The van der Waals surface area contributed by atoms with E-state index < -0.39 is 29.2 Å². The molecule has 16 heavy (non-hydrogen) atoms. The van der Waals surface area contributed by atoms with E-state index in [1.807, 2.05) is 0 Å². The van der Waals surface area contributed by atoms with E-state index in [1.165, 1.54) is 6.07 Å². The molecule has 0 amide bonds. The van der Waals surface area contributed by atoms with Gasteiger partial charge in [-0.1, -0.05) is 0 Å². The predicted molar refractivity (Wildman–Crippen MR) is 48.8 cm³/mol. The molecule has 0 unspecified atom stereocenters. The van der Waals surface area contributed by atoms with Gasteiger partial charge in [0, 0.05) is 18.3 Å². The van der Waals surface area contributed by atoms with Crippen molar-refractivity contribution in [3.05, 3.63) is 28.6 Å². The number of rotatable bonds is 3. The molecular weight excluding hydrogens is 220 g/mol. The number of aromatic nitrogens is 1. The quantitative estimate of drug-likeness (QED) is 0.803. The Morgan fingerprint density at radius 2 is 2.31 bits per heavy atom. The van der Waals surface area contributed by atoms with Gasteiger partial charge in [0.25, 0.3) is 6.43 Å². The summed E-state index contributed by atoms with van der Waals surface area (Å²) in [6.07, 6.45) is -2.06. The van der Waals surface area contributed by atoms with E-state index in [0.29, 0.717) is 0 Å². The molecule has 1 heterocycles. The number of carbonyl (C=O) groups is 1. The van der Waals surface area contributed by atoms with Crippen LogP contribution in [0.5, 0.6) is 0 Å². The number of halogens is 2. The Bertz CT molecular complexity index is 469. The predicted octanol–water partition coefficient (Wildman–Crippen LogP) is 1.05. The van der Waals surface area contributed by atoms with Gasteiger partial charge in [-0.3, -0.25) is 0 Å². The van der Waals surface area contributed by atoms with Crippen molar-refractivity contribution in [3.63, 3.8) is 0 Å². The molecule has 0 aliphatic carbocycles. The molecule has 5 nitrogen and oxygen atoms in total. The van der Waals surface area contributed by atoms with Crippen LogP contribution in [-0.4, -0.2) is 16.1 Å². The number of aromatic carboxylic acids is 1. The smallest absolute Gasteiger partial charge is 0.355 e. The fourth-order valence-corrected chi connectivity index (χ4v) is 1.24. The lowest BCUT2D eigenvalue weighted by Crippen LogP contribution is -2.12. The van der Waals surface area contributed by atoms with Crippen molar-refractivity contribution >= 4 is 5.97 Å². The van der Waals surface area contributed by atoms with Crippen molar-refractivity contribution < 1.29 is 18.7 Å². The number of hydrogen-bond acceptors (Lipinski definition) is 4. The van der Waals surface area contributed by atoms with Gasteiger partial charge in [0.2, 0.25) is 0 Å². The van der Waals surface area contributed by atoms with E-state index in [9.17, 15) is 13.6 Å². The van der Waals surface area contributed by atoms with Gasteiger partial charge >= 0.3 is 5.97 Å². The fourth-order valence-electron chi connectivity index (χ4n) is 1.24. The third-order valence-electron chi connectivity index (χ3n) is 1.95. The molecule has 84 valence electrons. The van der Waals surface area contributed by atoms with Crippen LogP contribution in [0.15, 0.2) is 6.20 Å². The molecule has 0 saturated carbocycles. The first-order valence-corrected chi connectivity index (χ1v) is 4.16. The topological polar surface area (TPSA) is 100 Å². The Labute approximate surface area is 89.1 Å². The average Bonchev–Trinajstić information content (AvgIpc) is 2.26. The van der Waals surface area contributed by atoms with Crippen LogP contribution < -0.4 is 5.73 Å². The van der Waals surface area contributed by atoms with Crippen LogP contribution >= 0.6 is 0 Å². The summed E-state index contributed by atoms with van der Waals surface area (Å²) < 4.78 is 25.3. The van der Waals surface area contributed by atoms with Crippen LogP contribution in [0.4, 0.5) is 8.78 Å². The Balaban J connectivity index is 3.58. The first-order chi connectivity index (χ1) is 7.52. The molecule has 1 aromatic heterocycles. The molecule has 7 heteroatoms. The number of nitriles is 1. The van der Waals surface area contributed by atoms with Crippen molar-refractivity contribution in [3.8, 4) is 6.07 Å². The zero-order chi connectivity index (χ0) is 12.3. The molecule has 0 radical (unpaired) electrons. The van der Waals surface area contributed by atoms with Gasteiger partial charge in [-0.25, -0.2) is 18.6 Å². The van der Waals surface area contributed by atoms with Gasteiger partial charge in [0.1, 0.15) is 6.07 Å². The van der Waals surface area contributed by atoms with E-state index in [4.69, 9.17) is 16.1 Å². The summed E-state index contributed by atoms with van der Waals surface area (Å²) in [5, 5.41) is 17.4. The first-order valence-electron chi connectivity index (χ1n) is 4.16. The van der Waals surface area contributed by atoms with Crippen LogP contribution in [0.25, 0.3) is 0 Å². The van der Waals surface area contributed by atoms with Crippen molar-refractivity contribution in [2.75, 3.05) is 0 Å². The number of alkyl halides is 2. The highest BCUT2D eigenvalue weighted by atomic mass is 19.3. The summed E-state index contributed by atoms with van der Waals surface area (Å²) in [7, 11) is 0. The minimum atomic E-state index is -3.08. The molecule has 0 saturated heterocycles. The van der Waals surface area contributed by atoms with Gasteiger partial charge in [-0.2, -0.15) is 5.26 Å². The largest absolute Gasteiger partial charge is 0.476 e. The van der Waals surface area contributed by atoms with Gasteiger partial charge in [-0.05, 0) is 0 Å². The Morgan fingerprint density at radius 3 is 2.69 bits per heavy atom. The van der Waals surface area contributed by atoms with E-state index in [1.54, 1.807) is 0 Å². The summed E-state index contributed by atoms with van der Waals surface area (Å²) in [5.74, 6) is -1.60. The maximum atomic E-state index is 12.7. The number of carboxylic acid groups (broad SMARTS) is 1. The first kappa shape index (κ1) is 12.0. The summed E-state index contributed by atoms with van der Waals surface area (Å²) in [6, 6.07) is 1.53. The van der Waals surface area contributed by atoms with E-state index >= 15 is 0 Å². The van der Waals surface area contributed by atoms with Gasteiger partial charge in [-0.15, -0.1) is 0 Å². The third kappa shape index (κ3) is 1.97. The second-order valence-corrected chi connectivity index (χ2v) is 2.84. The van der Waals surface area contributed by atoms with Crippen LogP contribution in [0.1, 0.15) is 33.6 Å². The summed E-state index contributed by atoms with van der Waals surface area (Å²) >= 11 is 0. The summed E-state index contributed by atoms with van der Waals surface area (Å²) in [5.41, 5.74) is 3.23. The van der Waals surface area contributed by atoms with Crippen LogP contribution in [0.3, 0.4) is 0 Å². The van der Waals surface area contributed by atoms with Crippen LogP contribution in [0, 0.1) is 11.3 Å². The van der Waals surface area contributed by atoms with Crippen molar-refractivity contribution in [2.45, 2.75) is 13.0 Å². The average molecular weight is 227 g/mol. The Morgan fingerprint density at radius 1 is 1.69 bits per heavy atom. The normalized spacial score (nSPS) is 10.2. The molecule has 0 aliphatic heterocycles. The van der Waals surface area contributed by atoms with Gasteiger partial charge in [0.05, 0.1) is 11.1 Å². The van der Waals surface area contributed by atoms with Crippen molar-refractivity contribution in [1.29, 1.82) is 5.26 Å². The van der Waals surface area contributed by atoms with Gasteiger partial charge in [0.15, 0.2) is 5.69 Å². The second-order valence-electron chi connectivity index (χ2n) is 2.84. The van der Waals surface area contributed by atoms with E-state index in [2.05, 4.69) is 4.98 Å². The van der Waals surface area contributed by atoms with Gasteiger partial charge < -0.3 is 10.8 Å². The number of nitrogens with zero attached hydrogens (tertiary/aromatic N) is 2. The highest BCUT2D eigenvalue weighted by Gasteiger charge is 2.25. The van der Waals surface area contributed by atoms with Crippen molar-refractivity contribution in [2.24, 2.45) is 5.73 Å². The second kappa shape index (κ2) is 4.63. The SMILES string of the molecule is N#Cc1c(CN)cnc(C(=O)O)c1C(F)F. The molecule has 1 aromatic rings. The maximum Gasteiger partial charge on any atom is 0.355 e. The van der Waals surface area contributed by atoms with E-state index in [-0.39, 0.29) is 12.1 Å². The van der Waals surface area contributed by atoms with Crippen LogP contribution in [0.2, 0.25) is 0 Å². The standard InChI is InChI=1S/C9H7F2N3O2/c10-8(11)6-5(2-13)4(1-12)3-14-7(6)9(15)16/h3,8H,1,12H2,(H,15,16). The molecule has 3 N–H and O–H groups in total. The minimum Gasteiger partial charge on any atom is -0.476 e.